The average molecular weight is 369 g/mol. The highest BCUT2D eigenvalue weighted by atomic mass is 16.5. The second-order valence-electron chi connectivity index (χ2n) is 6.48. The Morgan fingerprint density at radius 2 is 1.59 bits per heavy atom. The Morgan fingerprint density at radius 1 is 0.963 bits per heavy atom. The molecule has 2 aromatic rings. The number of benzene rings is 2. The second kappa shape index (κ2) is 10.3. The van der Waals surface area contributed by atoms with Gasteiger partial charge in [-0.3, -0.25) is 14.5 Å². The topological polar surface area (TPSA) is 70.7 Å². The second-order valence-corrected chi connectivity index (χ2v) is 6.48. The fourth-order valence-corrected chi connectivity index (χ4v) is 2.52. The highest BCUT2D eigenvalue weighted by Gasteiger charge is 2.15. The predicted octanol–water partition coefficient (Wildman–Crippen LogP) is 3.26. The molecule has 27 heavy (non-hydrogen) atoms. The maximum Gasteiger partial charge on any atom is 0.238 e. The molecule has 0 atom stereocenters. The number of ether oxygens (including phenoxy) is 1. The number of nitrogens with one attached hydrogen (secondary N) is 2. The van der Waals surface area contributed by atoms with Gasteiger partial charge in [0.1, 0.15) is 5.75 Å². The number of nitrogens with zero attached hydrogens (tertiary/aromatic N) is 1. The monoisotopic (exact) mass is 369 g/mol. The summed E-state index contributed by atoms with van der Waals surface area (Å²) in [5.41, 5.74) is 0.592. The number of rotatable bonds is 9. The summed E-state index contributed by atoms with van der Waals surface area (Å²) in [6, 6.07) is 16.7. The van der Waals surface area contributed by atoms with E-state index in [1.807, 2.05) is 63.2 Å². The predicted molar refractivity (Wildman–Crippen MR) is 107 cm³/mol. The van der Waals surface area contributed by atoms with E-state index in [-0.39, 0.29) is 30.9 Å². The fourth-order valence-electron chi connectivity index (χ4n) is 2.52. The number of anilines is 1. The summed E-state index contributed by atoms with van der Waals surface area (Å²) < 4.78 is 5.86. The zero-order valence-electron chi connectivity index (χ0n) is 16.1. The van der Waals surface area contributed by atoms with Gasteiger partial charge in [-0.15, -0.1) is 0 Å². The number of hydrogen-bond donors (Lipinski definition) is 2. The molecule has 0 spiro atoms. The van der Waals surface area contributed by atoms with E-state index in [4.69, 9.17) is 4.74 Å². The molecule has 2 amide bonds. The van der Waals surface area contributed by atoms with Crippen molar-refractivity contribution in [1.82, 2.24) is 10.2 Å². The van der Waals surface area contributed by atoms with Crippen molar-refractivity contribution in [3.05, 3.63) is 54.6 Å². The van der Waals surface area contributed by atoms with Crippen LogP contribution in [-0.4, -0.2) is 42.4 Å². The summed E-state index contributed by atoms with van der Waals surface area (Å²) in [7, 11) is 0. The number of para-hydroxylation sites is 3. The third-order valence-electron chi connectivity index (χ3n) is 3.76. The number of hydrogen-bond acceptors (Lipinski definition) is 4. The van der Waals surface area contributed by atoms with Crippen molar-refractivity contribution in [3.63, 3.8) is 0 Å². The SMILES string of the molecule is CCN(CC(=O)Nc1ccccc1Oc1ccccc1)CC(=O)NC(C)C. The lowest BCUT2D eigenvalue weighted by molar-refractivity contribution is -0.123. The largest absolute Gasteiger partial charge is 0.455 e. The molecule has 0 aliphatic carbocycles. The van der Waals surface area contributed by atoms with E-state index in [1.54, 1.807) is 17.0 Å². The first-order valence-electron chi connectivity index (χ1n) is 9.11. The molecule has 0 heterocycles. The van der Waals surface area contributed by atoms with Crippen LogP contribution >= 0.6 is 0 Å². The molecule has 2 rings (SSSR count). The highest BCUT2D eigenvalue weighted by molar-refractivity contribution is 5.94. The van der Waals surface area contributed by atoms with E-state index in [1.165, 1.54) is 0 Å². The van der Waals surface area contributed by atoms with Crippen molar-refractivity contribution in [1.29, 1.82) is 0 Å². The Morgan fingerprint density at radius 3 is 2.26 bits per heavy atom. The number of carbonyl (C=O) groups excluding carboxylic acids is 2. The smallest absolute Gasteiger partial charge is 0.238 e. The summed E-state index contributed by atoms with van der Waals surface area (Å²) in [5, 5.41) is 5.71. The van der Waals surface area contributed by atoms with Crippen molar-refractivity contribution < 1.29 is 14.3 Å². The highest BCUT2D eigenvalue weighted by Crippen LogP contribution is 2.28. The summed E-state index contributed by atoms with van der Waals surface area (Å²) >= 11 is 0. The van der Waals surface area contributed by atoms with Gasteiger partial charge in [-0.25, -0.2) is 0 Å². The van der Waals surface area contributed by atoms with E-state index in [9.17, 15) is 9.59 Å². The standard InChI is InChI=1S/C21H27N3O3/c1-4-24(14-20(25)22-16(2)3)15-21(26)23-18-12-8-9-13-19(18)27-17-10-6-5-7-11-17/h5-13,16H,4,14-15H2,1-3H3,(H,22,25)(H,23,26). The first kappa shape index (κ1) is 20.5. The van der Waals surface area contributed by atoms with E-state index in [0.717, 1.165) is 0 Å². The van der Waals surface area contributed by atoms with Crippen molar-refractivity contribution in [3.8, 4) is 11.5 Å². The molecule has 2 N–H and O–H groups in total. The first-order valence-corrected chi connectivity index (χ1v) is 9.11. The van der Waals surface area contributed by atoms with E-state index in [0.29, 0.717) is 23.7 Å². The maximum atomic E-state index is 12.5. The van der Waals surface area contributed by atoms with Crippen LogP contribution in [-0.2, 0) is 9.59 Å². The van der Waals surface area contributed by atoms with Gasteiger partial charge < -0.3 is 15.4 Å². The Balaban J connectivity index is 1.97. The minimum absolute atomic E-state index is 0.0760. The molecule has 2 aromatic carbocycles. The molecule has 6 heteroatoms. The van der Waals surface area contributed by atoms with Crippen LogP contribution in [0.3, 0.4) is 0 Å². The fraction of sp³-hybridized carbons (Fsp3) is 0.333. The van der Waals surface area contributed by atoms with Gasteiger partial charge in [-0.2, -0.15) is 0 Å². The molecule has 0 saturated carbocycles. The molecular formula is C21H27N3O3. The lowest BCUT2D eigenvalue weighted by atomic mass is 10.2. The molecule has 0 fully saturated rings. The van der Waals surface area contributed by atoms with Gasteiger partial charge in [0.15, 0.2) is 5.75 Å². The molecule has 0 unspecified atom stereocenters. The Bertz CT molecular complexity index is 747. The van der Waals surface area contributed by atoms with Gasteiger partial charge in [-0.05, 0) is 44.7 Å². The van der Waals surface area contributed by atoms with Crippen molar-refractivity contribution in [2.75, 3.05) is 25.0 Å². The molecule has 0 bridgehead atoms. The van der Waals surface area contributed by atoms with Crippen LogP contribution in [0.5, 0.6) is 11.5 Å². The normalized spacial score (nSPS) is 10.7. The Labute approximate surface area is 160 Å². The van der Waals surface area contributed by atoms with E-state index >= 15 is 0 Å². The van der Waals surface area contributed by atoms with Gasteiger partial charge in [0.05, 0.1) is 18.8 Å². The Hall–Kier alpha value is -2.86. The summed E-state index contributed by atoms with van der Waals surface area (Å²) in [5.74, 6) is 0.975. The van der Waals surface area contributed by atoms with Crippen LogP contribution in [0.25, 0.3) is 0 Å². The molecule has 0 aliphatic heterocycles. The lowest BCUT2D eigenvalue weighted by Crippen LogP contribution is -2.42. The number of carbonyl (C=O) groups is 2. The minimum Gasteiger partial charge on any atom is -0.455 e. The van der Waals surface area contributed by atoms with Crippen molar-refractivity contribution in [2.24, 2.45) is 0 Å². The average Bonchev–Trinajstić information content (AvgIpc) is 2.63. The van der Waals surface area contributed by atoms with Gasteiger partial charge in [0, 0.05) is 6.04 Å². The first-order chi connectivity index (χ1) is 13.0. The molecule has 0 radical (unpaired) electrons. The lowest BCUT2D eigenvalue weighted by Gasteiger charge is -2.20. The molecule has 0 aliphatic rings. The van der Waals surface area contributed by atoms with Crippen LogP contribution in [0.1, 0.15) is 20.8 Å². The maximum absolute atomic E-state index is 12.5. The third kappa shape index (κ3) is 7.11. The minimum atomic E-state index is -0.196. The van der Waals surface area contributed by atoms with Gasteiger partial charge in [-0.1, -0.05) is 37.3 Å². The molecule has 144 valence electrons. The van der Waals surface area contributed by atoms with Crippen molar-refractivity contribution >= 4 is 17.5 Å². The molecular weight excluding hydrogens is 342 g/mol. The van der Waals surface area contributed by atoms with E-state index in [2.05, 4.69) is 10.6 Å². The van der Waals surface area contributed by atoms with Crippen molar-refractivity contribution in [2.45, 2.75) is 26.8 Å². The summed E-state index contributed by atoms with van der Waals surface area (Å²) in [4.78, 5) is 26.2. The Kier molecular flexibility index (Phi) is 7.82. The molecule has 6 nitrogen and oxygen atoms in total. The number of amides is 2. The molecule has 0 saturated heterocycles. The van der Waals surface area contributed by atoms with Crippen LogP contribution in [0.15, 0.2) is 54.6 Å². The quantitative estimate of drug-likeness (QED) is 0.712. The van der Waals surface area contributed by atoms with Crippen LogP contribution < -0.4 is 15.4 Å². The third-order valence-corrected chi connectivity index (χ3v) is 3.76. The van der Waals surface area contributed by atoms with Crippen LogP contribution in [0.4, 0.5) is 5.69 Å². The zero-order chi connectivity index (χ0) is 19.6. The molecule has 0 aromatic heterocycles. The summed E-state index contributed by atoms with van der Waals surface area (Å²) in [6.45, 7) is 6.64. The van der Waals surface area contributed by atoms with Crippen LogP contribution in [0, 0.1) is 0 Å². The van der Waals surface area contributed by atoms with Gasteiger partial charge >= 0.3 is 0 Å². The summed E-state index contributed by atoms with van der Waals surface area (Å²) in [6.07, 6.45) is 0. The zero-order valence-corrected chi connectivity index (χ0v) is 16.1. The van der Waals surface area contributed by atoms with E-state index < -0.39 is 0 Å². The van der Waals surface area contributed by atoms with Crippen LogP contribution in [0.2, 0.25) is 0 Å². The van der Waals surface area contributed by atoms with Gasteiger partial charge in [0.2, 0.25) is 11.8 Å². The number of likely N-dealkylation sites (N-methyl/N-ethyl adjacent to an activating group) is 1. The van der Waals surface area contributed by atoms with Gasteiger partial charge in [0.25, 0.3) is 0 Å².